The van der Waals surface area contributed by atoms with Gasteiger partial charge < -0.3 is 9.64 Å². The van der Waals surface area contributed by atoms with Crippen LogP contribution in [0.5, 0.6) is 5.75 Å². The molecule has 2 rings (SSSR count). The molecule has 1 unspecified atom stereocenters. The van der Waals surface area contributed by atoms with E-state index < -0.39 is 4.92 Å². The molecular formula is C19H22N2O4S. The molecule has 0 aliphatic heterocycles. The van der Waals surface area contributed by atoms with Gasteiger partial charge in [-0.2, -0.15) is 0 Å². The number of benzene rings is 2. The second kappa shape index (κ2) is 9.24. The summed E-state index contributed by atoms with van der Waals surface area (Å²) in [7, 11) is 1.77. The van der Waals surface area contributed by atoms with Crippen LogP contribution in [0.2, 0.25) is 0 Å². The number of thioether (sulfide) groups is 1. The molecule has 0 N–H and O–H groups in total. The van der Waals surface area contributed by atoms with Gasteiger partial charge in [0, 0.05) is 30.6 Å². The van der Waals surface area contributed by atoms with Crippen LogP contribution in [0.3, 0.4) is 0 Å². The fourth-order valence-electron chi connectivity index (χ4n) is 2.42. The first-order valence-corrected chi connectivity index (χ1v) is 9.16. The number of carbonyl (C=O) groups is 1. The summed E-state index contributed by atoms with van der Waals surface area (Å²) in [5, 5.41) is 10.4. The Hall–Kier alpha value is -2.54. The molecule has 138 valence electrons. The highest BCUT2D eigenvalue weighted by molar-refractivity contribution is 8.00. The number of amides is 1. The number of non-ortho nitro benzene ring substituents is 1. The third kappa shape index (κ3) is 5.49. The van der Waals surface area contributed by atoms with Crippen LogP contribution >= 0.6 is 11.8 Å². The van der Waals surface area contributed by atoms with Crippen molar-refractivity contribution < 1.29 is 14.5 Å². The zero-order valence-corrected chi connectivity index (χ0v) is 15.9. The van der Waals surface area contributed by atoms with Gasteiger partial charge in [0.15, 0.2) is 0 Å². The molecule has 0 heterocycles. The fourth-order valence-corrected chi connectivity index (χ4v) is 3.40. The number of nitrogens with zero attached hydrogens (tertiary/aromatic N) is 2. The molecule has 0 fully saturated rings. The Balaban J connectivity index is 1.92. The molecule has 7 heteroatoms. The molecule has 0 saturated heterocycles. The van der Waals surface area contributed by atoms with Crippen molar-refractivity contribution in [1.82, 2.24) is 4.90 Å². The zero-order valence-electron chi connectivity index (χ0n) is 15.0. The van der Waals surface area contributed by atoms with Crippen LogP contribution in [-0.2, 0) is 11.3 Å². The van der Waals surface area contributed by atoms with Gasteiger partial charge in [-0.05, 0) is 43.7 Å². The maximum atomic E-state index is 12.6. The summed E-state index contributed by atoms with van der Waals surface area (Å²) in [6.45, 7) is 4.90. The molecule has 2 aromatic rings. The Bertz CT molecular complexity index is 747. The lowest BCUT2D eigenvalue weighted by Gasteiger charge is -2.21. The highest BCUT2D eigenvalue weighted by Crippen LogP contribution is 2.26. The van der Waals surface area contributed by atoms with Crippen molar-refractivity contribution in [3.63, 3.8) is 0 Å². The van der Waals surface area contributed by atoms with E-state index in [2.05, 4.69) is 0 Å². The predicted octanol–water partition coefficient (Wildman–Crippen LogP) is 4.13. The van der Waals surface area contributed by atoms with Gasteiger partial charge in [0.2, 0.25) is 5.91 Å². The monoisotopic (exact) mass is 374 g/mol. The Kier molecular flexibility index (Phi) is 7.03. The summed E-state index contributed by atoms with van der Waals surface area (Å²) < 4.78 is 5.42. The molecule has 0 saturated carbocycles. The molecule has 0 aliphatic carbocycles. The molecule has 0 radical (unpaired) electrons. The van der Waals surface area contributed by atoms with Crippen molar-refractivity contribution in [2.24, 2.45) is 0 Å². The van der Waals surface area contributed by atoms with Crippen molar-refractivity contribution in [2.75, 3.05) is 13.7 Å². The first-order chi connectivity index (χ1) is 12.4. The number of hydrogen-bond acceptors (Lipinski definition) is 5. The molecule has 6 nitrogen and oxygen atoms in total. The molecular weight excluding hydrogens is 352 g/mol. The van der Waals surface area contributed by atoms with Crippen molar-refractivity contribution in [3.8, 4) is 5.75 Å². The van der Waals surface area contributed by atoms with Gasteiger partial charge in [-0.3, -0.25) is 14.9 Å². The minimum Gasteiger partial charge on any atom is -0.494 e. The van der Waals surface area contributed by atoms with Gasteiger partial charge in [-0.1, -0.05) is 12.1 Å². The normalized spacial score (nSPS) is 11.7. The number of ether oxygens (including phenoxy) is 1. The van der Waals surface area contributed by atoms with Gasteiger partial charge in [-0.25, -0.2) is 0 Å². The smallest absolute Gasteiger partial charge is 0.269 e. The second-order valence-corrected chi connectivity index (χ2v) is 7.20. The Morgan fingerprint density at radius 1 is 1.19 bits per heavy atom. The van der Waals surface area contributed by atoms with Crippen LogP contribution in [0.25, 0.3) is 0 Å². The lowest BCUT2D eigenvalue weighted by molar-refractivity contribution is -0.384. The van der Waals surface area contributed by atoms with E-state index in [1.165, 1.54) is 23.9 Å². The van der Waals surface area contributed by atoms with Crippen LogP contribution < -0.4 is 4.74 Å². The average molecular weight is 374 g/mol. The minimum absolute atomic E-state index is 0.00207. The van der Waals surface area contributed by atoms with E-state index in [0.717, 1.165) is 16.2 Å². The first kappa shape index (κ1) is 19.8. The van der Waals surface area contributed by atoms with Crippen molar-refractivity contribution in [1.29, 1.82) is 0 Å². The van der Waals surface area contributed by atoms with Gasteiger partial charge in [0.05, 0.1) is 16.8 Å². The third-order valence-electron chi connectivity index (χ3n) is 3.74. The predicted molar refractivity (Wildman–Crippen MR) is 103 cm³/mol. The summed E-state index contributed by atoms with van der Waals surface area (Å²) in [4.78, 5) is 25.3. The van der Waals surface area contributed by atoms with Crippen molar-refractivity contribution in [3.05, 3.63) is 64.2 Å². The molecule has 0 aromatic heterocycles. The lowest BCUT2D eigenvalue weighted by atomic mass is 10.2. The molecule has 0 aliphatic rings. The lowest BCUT2D eigenvalue weighted by Crippen LogP contribution is -2.32. The SMILES string of the molecule is CCOc1ccc(CN(C)C(=O)C(C)Sc2ccc([N+](=O)[O-])cc2)cc1. The van der Waals surface area contributed by atoms with Gasteiger partial charge in [-0.15, -0.1) is 11.8 Å². The van der Waals surface area contributed by atoms with E-state index in [1.807, 2.05) is 38.1 Å². The molecule has 26 heavy (non-hydrogen) atoms. The highest BCUT2D eigenvalue weighted by Gasteiger charge is 2.19. The van der Waals surface area contributed by atoms with E-state index in [1.54, 1.807) is 24.1 Å². The van der Waals surface area contributed by atoms with Gasteiger partial charge in [0.1, 0.15) is 5.75 Å². The average Bonchev–Trinajstić information content (AvgIpc) is 2.63. The van der Waals surface area contributed by atoms with E-state index in [4.69, 9.17) is 4.74 Å². The van der Waals surface area contributed by atoms with Crippen LogP contribution in [0.15, 0.2) is 53.4 Å². The highest BCUT2D eigenvalue weighted by atomic mass is 32.2. The maximum Gasteiger partial charge on any atom is 0.269 e. The molecule has 1 amide bonds. The number of rotatable bonds is 8. The summed E-state index contributed by atoms with van der Waals surface area (Å²) in [6, 6.07) is 13.9. The maximum absolute atomic E-state index is 12.6. The van der Waals surface area contributed by atoms with Gasteiger partial charge >= 0.3 is 0 Å². The third-order valence-corrected chi connectivity index (χ3v) is 4.84. The zero-order chi connectivity index (χ0) is 19.1. The fraction of sp³-hybridized carbons (Fsp3) is 0.316. The number of hydrogen-bond donors (Lipinski definition) is 0. The van der Waals surface area contributed by atoms with Crippen molar-refractivity contribution in [2.45, 2.75) is 30.5 Å². The van der Waals surface area contributed by atoms with Crippen LogP contribution in [0, 0.1) is 10.1 Å². The molecule has 1 atom stereocenters. The quantitative estimate of drug-likeness (QED) is 0.395. The van der Waals surface area contributed by atoms with E-state index in [9.17, 15) is 14.9 Å². The first-order valence-electron chi connectivity index (χ1n) is 8.28. The second-order valence-electron chi connectivity index (χ2n) is 5.78. The van der Waals surface area contributed by atoms with Crippen LogP contribution in [0.4, 0.5) is 5.69 Å². The summed E-state index contributed by atoms with van der Waals surface area (Å²) >= 11 is 1.39. The molecule has 0 bridgehead atoms. The Morgan fingerprint density at radius 2 is 1.81 bits per heavy atom. The summed E-state index contributed by atoms with van der Waals surface area (Å²) in [5.74, 6) is 0.814. The Morgan fingerprint density at radius 3 is 2.35 bits per heavy atom. The summed E-state index contributed by atoms with van der Waals surface area (Å²) in [6.07, 6.45) is 0. The summed E-state index contributed by atoms with van der Waals surface area (Å²) in [5.41, 5.74) is 1.07. The number of carbonyl (C=O) groups excluding carboxylic acids is 1. The van der Waals surface area contributed by atoms with Gasteiger partial charge in [0.25, 0.3) is 5.69 Å². The molecule has 2 aromatic carbocycles. The van der Waals surface area contributed by atoms with E-state index >= 15 is 0 Å². The largest absolute Gasteiger partial charge is 0.494 e. The molecule has 0 spiro atoms. The van der Waals surface area contributed by atoms with E-state index in [0.29, 0.717) is 13.2 Å². The Labute approximate surface area is 157 Å². The van der Waals surface area contributed by atoms with E-state index in [-0.39, 0.29) is 16.8 Å². The minimum atomic E-state index is -0.437. The topological polar surface area (TPSA) is 72.7 Å². The number of nitro benzene ring substituents is 1. The van der Waals surface area contributed by atoms with Crippen LogP contribution in [-0.4, -0.2) is 34.6 Å². The number of nitro groups is 1. The standard InChI is InChI=1S/C19H22N2O4S/c1-4-25-17-9-5-15(6-10-17)13-20(3)19(22)14(2)26-18-11-7-16(8-12-18)21(23)24/h5-12,14H,4,13H2,1-3H3. The van der Waals surface area contributed by atoms with Crippen molar-refractivity contribution >= 4 is 23.4 Å². The van der Waals surface area contributed by atoms with Crippen LogP contribution in [0.1, 0.15) is 19.4 Å².